The Morgan fingerprint density at radius 2 is 1.58 bits per heavy atom. The maximum Gasteiger partial charge on any atom is 0.278 e. The van der Waals surface area contributed by atoms with Crippen molar-refractivity contribution in [2.75, 3.05) is 0 Å². The molecule has 0 spiro atoms. The Balaban J connectivity index is 2.04. The Hall–Kier alpha value is -3.62. The van der Waals surface area contributed by atoms with Crippen molar-refractivity contribution in [3.05, 3.63) is 79.9 Å². The number of benzene rings is 2. The van der Waals surface area contributed by atoms with Crippen LogP contribution in [0.5, 0.6) is 0 Å². The summed E-state index contributed by atoms with van der Waals surface area (Å²) in [6, 6.07) is 11.8. The summed E-state index contributed by atoms with van der Waals surface area (Å²) < 4.78 is 0. The van der Waals surface area contributed by atoms with Gasteiger partial charge < -0.3 is 0 Å². The lowest BCUT2D eigenvalue weighted by atomic mass is 10.1. The summed E-state index contributed by atoms with van der Waals surface area (Å²) in [5, 5.41) is 25.4. The first-order valence-corrected chi connectivity index (χ1v) is 6.76. The summed E-state index contributed by atoms with van der Waals surface area (Å²) in [5.74, 6) is -0.570. The van der Waals surface area contributed by atoms with Crippen molar-refractivity contribution in [2.45, 2.75) is 6.42 Å². The highest BCUT2D eigenvalue weighted by Crippen LogP contribution is 2.18. The number of hydrogen-bond donors (Lipinski definition) is 1. The molecule has 1 amide bonds. The van der Waals surface area contributed by atoms with Crippen molar-refractivity contribution >= 4 is 23.5 Å². The Labute approximate surface area is 135 Å². The largest absolute Gasteiger partial charge is 0.278 e. The standard InChI is InChI=1S/C15H12N4O5/c20-15(9-11-5-1-3-7-13(11)18(21)22)17-16-10-12-6-2-4-8-14(12)19(23)24/h1-8,10H,9H2,(H,17,20). The molecule has 0 aliphatic carbocycles. The monoisotopic (exact) mass is 328 g/mol. The van der Waals surface area contributed by atoms with Gasteiger partial charge in [-0.05, 0) is 6.07 Å². The Morgan fingerprint density at radius 3 is 2.25 bits per heavy atom. The number of rotatable bonds is 6. The Morgan fingerprint density at radius 1 is 1.00 bits per heavy atom. The van der Waals surface area contributed by atoms with Gasteiger partial charge in [0, 0.05) is 17.7 Å². The molecule has 0 bridgehead atoms. The van der Waals surface area contributed by atoms with Crippen molar-refractivity contribution in [2.24, 2.45) is 5.10 Å². The minimum Gasteiger partial charge on any atom is -0.273 e. The number of hydrogen-bond acceptors (Lipinski definition) is 6. The predicted octanol–water partition coefficient (Wildman–Crippen LogP) is 2.20. The zero-order valence-electron chi connectivity index (χ0n) is 12.3. The van der Waals surface area contributed by atoms with Crippen molar-refractivity contribution in [3.63, 3.8) is 0 Å². The highest BCUT2D eigenvalue weighted by Gasteiger charge is 2.15. The molecule has 9 heteroatoms. The molecule has 0 aliphatic rings. The molecule has 1 N–H and O–H groups in total. The minimum absolute atomic E-state index is 0.144. The number of carbonyl (C=O) groups excluding carboxylic acids is 1. The van der Waals surface area contributed by atoms with Gasteiger partial charge in [-0.2, -0.15) is 5.10 Å². The summed E-state index contributed by atoms with van der Waals surface area (Å²) in [5.41, 5.74) is 2.38. The number of amides is 1. The van der Waals surface area contributed by atoms with Gasteiger partial charge in [0.05, 0.1) is 28.0 Å². The lowest BCUT2D eigenvalue weighted by Crippen LogP contribution is -2.20. The number of nitro benzene ring substituents is 2. The number of nitro groups is 2. The molecule has 9 nitrogen and oxygen atoms in total. The van der Waals surface area contributed by atoms with E-state index < -0.39 is 15.8 Å². The highest BCUT2D eigenvalue weighted by molar-refractivity contribution is 5.87. The van der Waals surface area contributed by atoms with Gasteiger partial charge in [-0.1, -0.05) is 30.3 Å². The number of hydrazone groups is 1. The molecule has 0 fully saturated rings. The lowest BCUT2D eigenvalue weighted by Gasteiger charge is -2.02. The van der Waals surface area contributed by atoms with Gasteiger partial charge in [-0.15, -0.1) is 0 Å². The second-order valence-corrected chi connectivity index (χ2v) is 4.67. The molecule has 0 radical (unpaired) electrons. The van der Waals surface area contributed by atoms with Crippen molar-refractivity contribution < 1.29 is 14.6 Å². The smallest absolute Gasteiger partial charge is 0.273 e. The van der Waals surface area contributed by atoms with E-state index in [1.165, 1.54) is 36.4 Å². The summed E-state index contributed by atoms with van der Waals surface area (Å²) in [6.07, 6.45) is 0.917. The van der Waals surface area contributed by atoms with Crippen molar-refractivity contribution in [3.8, 4) is 0 Å². The normalized spacial score (nSPS) is 10.5. The first kappa shape index (κ1) is 16.7. The van der Waals surface area contributed by atoms with Crippen LogP contribution in [-0.4, -0.2) is 22.0 Å². The van der Waals surface area contributed by atoms with Crippen LogP contribution < -0.4 is 5.43 Å². The van der Waals surface area contributed by atoms with Crippen LogP contribution in [0.15, 0.2) is 53.6 Å². The summed E-state index contributed by atoms with van der Waals surface area (Å²) in [6.45, 7) is 0. The third kappa shape index (κ3) is 4.19. The third-order valence-electron chi connectivity index (χ3n) is 3.07. The van der Waals surface area contributed by atoms with Crippen molar-refractivity contribution in [1.82, 2.24) is 5.43 Å². The Kier molecular flexibility index (Phi) is 5.29. The van der Waals surface area contributed by atoms with Crippen LogP contribution in [0.4, 0.5) is 11.4 Å². The van der Waals surface area contributed by atoms with E-state index in [1.807, 2.05) is 0 Å². The van der Waals surface area contributed by atoms with Crippen LogP contribution in [0.3, 0.4) is 0 Å². The molecule has 0 aromatic heterocycles. The van der Waals surface area contributed by atoms with E-state index >= 15 is 0 Å². The molecular weight excluding hydrogens is 316 g/mol. The lowest BCUT2D eigenvalue weighted by molar-refractivity contribution is -0.385. The highest BCUT2D eigenvalue weighted by atomic mass is 16.6. The van der Waals surface area contributed by atoms with Gasteiger partial charge in [-0.25, -0.2) is 5.43 Å². The molecule has 2 rings (SSSR count). The molecule has 2 aromatic carbocycles. The molecule has 0 saturated heterocycles. The van der Waals surface area contributed by atoms with Crippen LogP contribution in [0.2, 0.25) is 0 Å². The molecule has 122 valence electrons. The van der Waals surface area contributed by atoms with E-state index in [1.54, 1.807) is 12.1 Å². The molecular formula is C15H12N4O5. The molecule has 0 unspecified atom stereocenters. The first-order chi connectivity index (χ1) is 11.5. The van der Waals surface area contributed by atoms with Crippen LogP contribution in [0, 0.1) is 20.2 Å². The van der Waals surface area contributed by atoms with Gasteiger partial charge in [0.15, 0.2) is 0 Å². The van der Waals surface area contributed by atoms with Gasteiger partial charge in [-0.3, -0.25) is 25.0 Å². The zero-order valence-corrected chi connectivity index (χ0v) is 12.3. The SMILES string of the molecule is O=C(Cc1ccccc1[N+](=O)[O-])NN=Cc1ccccc1[N+](=O)[O-]. The van der Waals surface area contributed by atoms with Crippen LogP contribution in [0.25, 0.3) is 0 Å². The second-order valence-electron chi connectivity index (χ2n) is 4.67. The van der Waals surface area contributed by atoms with Crippen LogP contribution in [0.1, 0.15) is 11.1 Å². The average Bonchev–Trinajstić information content (AvgIpc) is 2.55. The topological polar surface area (TPSA) is 128 Å². The zero-order chi connectivity index (χ0) is 17.5. The van der Waals surface area contributed by atoms with E-state index in [4.69, 9.17) is 0 Å². The summed E-state index contributed by atoms with van der Waals surface area (Å²) >= 11 is 0. The maximum atomic E-state index is 11.8. The van der Waals surface area contributed by atoms with E-state index in [9.17, 15) is 25.0 Å². The van der Waals surface area contributed by atoms with Gasteiger partial charge >= 0.3 is 0 Å². The van der Waals surface area contributed by atoms with E-state index in [0.29, 0.717) is 0 Å². The summed E-state index contributed by atoms with van der Waals surface area (Å²) in [7, 11) is 0. The number of nitrogens with zero attached hydrogens (tertiary/aromatic N) is 3. The number of nitrogens with one attached hydrogen (secondary N) is 1. The van der Waals surface area contributed by atoms with Gasteiger partial charge in [0.2, 0.25) is 5.91 Å². The van der Waals surface area contributed by atoms with Crippen LogP contribution in [-0.2, 0) is 11.2 Å². The quantitative estimate of drug-likeness (QED) is 0.494. The van der Waals surface area contributed by atoms with E-state index in [0.717, 1.165) is 6.21 Å². The molecule has 0 heterocycles. The van der Waals surface area contributed by atoms with E-state index in [2.05, 4.69) is 10.5 Å². The fraction of sp³-hybridized carbons (Fsp3) is 0.0667. The third-order valence-corrected chi connectivity index (χ3v) is 3.07. The number of carbonyl (C=O) groups is 1. The van der Waals surface area contributed by atoms with Crippen molar-refractivity contribution in [1.29, 1.82) is 0 Å². The number of para-hydroxylation sites is 2. The first-order valence-electron chi connectivity index (χ1n) is 6.76. The van der Waals surface area contributed by atoms with Crippen LogP contribution >= 0.6 is 0 Å². The summed E-state index contributed by atoms with van der Waals surface area (Å²) in [4.78, 5) is 32.4. The average molecular weight is 328 g/mol. The van der Waals surface area contributed by atoms with Gasteiger partial charge in [0.25, 0.3) is 11.4 Å². The predicted molar refractivity (Wildman–Crippen MR) is 85.6 cm³/mol. The Bertz CT molecular complexity index is 819. The van der Waals surface area contributed by atoms with Gasteiger partial charge in [0.1, 0.15) is 0 Å². The molecule has 2 aromatic rings. The molecule has 0 saturated carbocycles. The maximum absolute atomic E-state index is 11.8. The second kappa shape index (κ2) is 7.58. The molecule has 24 heavy (non-hydrogen) atoms. The molecule has 0 aliphatic heterocycles. The fourth-order valence-corrected chi connectivity index (χ4v) is 1.99. The minimum atomic E-state index is -0.570. The molecule has 0 atom stereocenters. The fourth-order valence-electron chi connectivity index (χ4n) is 1.99. The van der Waals surface area contributed by atoms with E-state index in [-0.39, 0.29) is 28.9 Å².